The Labute approximate surface area is 202 Å². The second-order valence-corrected chi connectivity index (χ2v) is 8.68. The van der Waals surface area contributed by atoms with Crippen LogP contribution in [0.5, 0.6) is 11.5 Å². The molecule has 1 aromatic carbocycles. The molecular formula is C22H35IN4O2S. The van der Waals surface area contributed by atoms with Gasteiger partial charge in [-0.2, -0.15) is 0 Å². The molecule has 0 aliphatic rings. The number of likely N-dealkylation sites (N-methyl/N-ethyl adjacent to an activating group) is 1. The quantitative estimate of drug-likeness (QED) is 0.282. The Morgan fingerprint density at radius 3 is 2.37 bits per heavy atom. The number of halogens is 1. The van der Waals surface area contributed by atoms with Crippen LogP contribution in [0, 0.1) is 6.92 Å². The Balaban J connectivity index is 0.00000450. The van der Waals surface area contributed by atoms with Gasteiger partial charge < -0.3 is 25.0 Å². The topological polar surface area (TPSA) is 58.1 Å². The van der Waals surface area contributed by atoms with Crippen LogP contribution in [0.1, 0.15) is 28.3 Å². The number of aryl methyl sites for hydroxylation is 1. The molecule has 0 saturated heterocycles. The number of ether oxygens (including phenoxy) is 2. The molecule has 2 aromatic rings. The number of aliphatic imine (C=N–C) groups is 1. The van der Waals surface area contributed by atoms with E-state index in [4.69, 9.17) is 9.47 Å². The average Bonchev–Trinajstić information content (AvgIpc) is 3.11. The van der Waals surface area contributed by atoms with Gasteiger partial charge in [0.05, 0.1) is 20.3 Å². The zero-order valence-electron chi connectivity index (χ0n) is 19.0. The molecule has 0 radical (unpaired) electrons. The molecular weight excluding hydrogens is 511 g/mol. The van der Waals surface area contributed by atoms with Crippen molar-refractivity contribution in [1.82, 2.24) is 15.5 Å². The molecule has 0 bridgehead atoms. The van der Waals surface area contributed by atoms with Crippen LogP contribution < -0.4 is 20.1 Å². The highest BCUT2D eigenvalue weighted by molar-refractivity contribution is 14.0. The molecule has 8 heteroatoms. The summed E-state index contributed by atoms with van der Waals surface area (Å²) in [6.07, 6.45) is 0.978. The van der Waals surface area contributed by atoms with Crippen LogP contribution >= 0.6 is 35.3 Å². The van der Waals surface area contributed by atoms with Crippen molar-refractivity contribution in [3.8, 4) is 11.5 Å². The molecule has 2 rings (SSSR count). The molecule has 1 heterocycles. The zero-order chi connectivity index (χ0) is 21.4. The van der Waals surface area contributed by atoms with Crippen molar-refractivity contribution < 1.29 is 9.47 Å². The van der Waals surface area contributed by atoms with Gasteiger partial charge in [0.25, 0.3) is 0 Å². The number of methoxy groups -OCH3 is 2. The number of hydrogen-bond acceptors (Lipinski definition) is 5. The number of nitrogens with zero attached hydrogens (tertiary/aromatic N) is 2. The Kier molecular flexibility index (Phi) is 11.5. The summed E-state index contributed by atoms with van der Waals surface area (Å²) in [5.41, 5.74) is 1.15. The monoisotopic (exact) mass is 546 g/mol. The van der Waals surface area contributed by atoms with Gasteiger partial charge in [0, 0.05) is 35.8 Å². The molecule has 168 valence electrons. The lowest BCUT2D eigenvalue weighted by Gasteiger charge is -2.27. The summed E-state index contributed by atoms with van der Waals surface area (Å²) in [4.78, 5) is 9.31. The van der Waals surface area contributed by atoms with Gasteiger partial charge in [-0.1, -0.05) is 6.07 Å². The zero-order valence-corrected chi connectivity index (χ0v) is 22.1. The van der Waals surface area contributed by atoms with Crippen molar-refractivity contribution in [2.75, 3.05) is 41.9 Å². The van der Waals surface area contributed by atoms with E-state index in [0.29, 0.717) is 6.54 Å². The Bertz CT molecular complexity index is 810. The van der Waals surface area contributed by atoms with Crippen molar-refractivity contribution in [2.24, 2.45) is 4.99 Å². The van der Waals surface area contributed by atoms with Gasteiger partial charge in [0.15, 0.2) is 17.5 Å². The van der Waals surface area contributed by atoms with E-state index < -0.39 is 0 Å². The molecule has 2 atom stereocenters. The fourth-order valence-electron chi connectivity index (χ4n) is 3.23. The van der Waals surface area contributed by atoms with E-state index in [1.807, 2.05) is 23.5 Å². The van der Waals surface area contributed by atoms with Gasteiger partial charge in [-0.15, -0.1) is 35.3 Å². The lowest BCUT2D eigenvalue weighted by atomic mass is 10.1. The van der Waals surface area contributed by atoms with Crippen LogP contribution in [-0.2, 0) is 6.42 Å². The average molecular weight is 547 g/mol. The van der Waals surface area contributed by atoms with Gasteiger partial charge in [0.2, 0.25) is 0 Å². The molecule has 2 N–H and O–H groups in total. The lowest BCUT2D eigenvalue weighted by molar-refractivity contribution is 0.295. The molecule has 1 aromatic heterocycles. The van der Waals surface area contributed by atoms with Gasteiger partial charge in [-0.25, -0.2) is 0 Å². The maximum Gasteiger partial charge on any atom is 0.191 e. The maximum atomic E-state index is 5.47. The predicted molar refractivity (Wildman–Crippen MR) is 138 cm³/mol. The Hall–Kier alpha value is -1.52. The molecule has 0 aliphatic heterocycles. The summed E-state index contributed by atoms with van der Waals surface area (Å²) < 4.78 is 10.8. The highest BCUT2D eigenvalue weighted by Crippen LogP contribution is 2.31. The number of rotatable bonds is 9. The van der Waals surface area contributed by atoms with Crippen molar-refractivity contribution in [3.05, 3.63) is 45.6 Å². The van der Waals surface area contributed by atoms with Crippen LogP contribution in [-0.4, -0.2) is 58.8 Å². The summed E-state index contributed by atoms with van der Waals surface area (Å²) in [6, 6.07) is 10.9. The van der Waals surface area contributed by atoms with E-state index >= 15 is 0 Å². The molecule has 0 amide bonds. The molecule has 0 fully saturated rings. The van der Waals surface area contributed by atoms with Gasteiger partial charge in [0.1, 0.15) is 0 Å². The van der Waals surface area contributed by atoms with E-state index in [1.54, 1.807) is 21.3 Å². The first-order chi connectivity index (χ1) is 13.9. The highest BCUT2D eigenvalue weighted by Gasteiger charge is 2.18. The number of thiophene rings is 1. The predicted octanol–water partition coefficient (Wildman–Crippen LogP) is 4.09. The molecule has 0 spiro atoms. The first-order valence-corrected chi connectivity index (χ1v) is 10.6. The fraction of sp³-hybridized carbons (Fsp3) is 0.500. The second-order valence-electron chi connectivity index (χ2n) is 7.31. The number of guanidine groups is 1. The number of nitrogens with one attached hydrogen (secondary N) is 2. The normalized spacial score (nSPS) is 13.4. The first kappa shape index (κ1) is 26.5. The SMILES string of the molecule is CN=C(NCC(c1ccc(OC)c(OC)c1)N(C)C)NC(C)Cc1ccc(C)s1.I. The summed E-state index contributed by atoms with van der Waals surface area (Å²) in [5.74, 6) is 2.27. The smallest absolute Gasteiger partial charge is 0.191 e. The number of benzene rings is 1. The van der Waals surface area contributed by atoms with E-state index in [1.165, 1.54) is 9.75 Å². The van der Waals surface area contributed by atoms with E-state index in [9.17, 15) is 0 Å². The fourth-order valence-corrected chi connectivity index (χ4v) is 4.25. The van der Waals surface area contributed by atoms with Crippen molar-refractivity contribution in [3.63, 3.8) is 0 Å². The van der Waals surface area contributed by atoms with E-state index in [0.717, 1.165) is 29.4 Å². The molecule has 0 saturated carbocycles. The largest absolute Gasteiger partial charge is 0.493 e. The third-order valence-corrected chi connectivity index (χ3v) is 5.81. The van der Waals surface area contributed by atoms with Crippen LogP contribution in [0.4, 0.5) is 0 Å². The van der Waals surface area contributed by atoms with Crippen LogP contribution in [0.25, 0.3) is 0 Å². The second kappa shape index (κ2) is 13.0. The summed E-state index contributed by atoms with van der Waals surface area (Å²) in [7, 11) is 9.25. The summed E-state index contributed by atoms with van der Waals surface area (Å²) >= 11 is 1.85. The minimum absolute atomic E-state index is 0. The van der Waals surface area contributed by atoms with Gasteiger partial charge >= 0.3 is 0 Å². The highest BCUT2D eigenvalue weighted by atomic mass is 127. The lowest BCUT2D eigenvalue weighted by Crippen LogP contribution is -2.45. The minimum atomic E-state index is 0. The maximum absolute atomic E-state index is 5.47. The Morgan fingerprint density at radius 1 is 1.13 bits per heavy atom. The van der Waals surface area contributed by atoms with Crippen LogP contribution in [0.2, 0.25) is 0 Å². The first-order valence-electron chi connectivity index (χ1n) is 9.78. The Morgan fingerprint density at radius 2 is 1.83 bits per heavy atom. The summed E-state index contributed by atoms with van der Waals surface area (Å²) in [6.45, 7) is 5.04. The van der Waals surface area contributed by atoms with Crippen molar-refractivity contribution in [2.45, 2.75) is 32.4 Å². The van der Waals surface area contributed by atoms with Crippen LogP contribution in [0.15, 0.2) is 35.3 Å². The molecule has 2 unspecified atom stereocenters. The van der Waals surface area contributed by atoms with Crippen molar-refractivity contribution >= 4 is 41.3 Å². The third kappa shape index (κ3) is 7.63. The molecule has 0 aliphatic carbocycles. The molecule has 30 heavy (non-hydrogen) atoms. The summed E-state index contributed by atoms with van der Waals surface area (Å²) in [5, 5.41) is 6.96. The van der Waals surface area contributed by atoms with Crippen LogP contribution in [0.3, 0.4) is 0 Å². The third-order valence-electron chi connectivity index (χ3n) is 4.79. The van der Waals surface area contributed by atoms with E-state index in [2.05, 4.69) is 66.7 Å². The van der Waals surface area contributed by atoms with Gasteiger partial charge in [-0.05, 0) is 57.8 Å². The number of hydrogen-bond donors (Lipinski definition) is 2. The standard InChI is InChI=1S/C22H34N4O2S.HI/c1-15(12-18-10-8-16(2)29-18)25-22(23-3)24-14-19(26(4)5)17-9-11-20(27-6)21(13-17)28-7;/h8-11,13,15,19H,12,14H2,1-7H3,(H2,23,24,25);1H. The van der Waals surface area contributed by atoms with E-state index in [-0.39, 0.29) is 36.1 Å². The van der Waals surface area contributed by atoms with Crippen molar-refractivity contribution in [1.29, 1.82) is 0 Å². The minimum Gasteiger partial charge on any atom is -0.493 e. The van der Waals surface area contributed by atoms with Gasteiger partial charge in [-0.3, -0.25) is 4.99 Å². The molecule has 6 nitrogen and oxygen atoms in total.